The van der Waals surface area contributed by atoms with Crippen molar-refractivity contribution in [3.05, 3.63) is 35.9 Å². The second kappa shape index (κ2) is 10.8. The number of benzene rings is 1. The predicted molar refractivity (Wildman–Crippen MR) is 102 cm³/mol. The fraction of sp³-hybridized carbons (Fsp3) is 0.600. The minimum absolute atomic E-state index is 0.0890. The summed E-state index contributed by atoms with van der Waals surface area (Å²) in [6, 6.07) is 10.5. The van der Waals surface area contributed by atoms with E-state index in [1.54, 1.807) is 4.90 Å². The van der Waals surface area contributed by atoms with Crippen molar-refractivity contribution in [2.75, 3.05) is 32.8 Å². The zero-order chi connectivity index (χ0) is 18.8. The minimum atomic E-state index is -0.253. The molecule has 0 saturated carbocycles. The summed E-state index contributed by atoms with van der Waals surface area (Å²) >= 11 is 0. The Morgan fingerprint density at radius 1 is 1.19 bits per heavy atom. The van der Waals surface area contributed by atoms with E-state index in [2.05, 4.69) is 29.3 Å². The van der Waals surface area contributed by atoms with Crippen LogP contribution in [0.25, 0.3) is 0 Å². The van der Waals surface area contributed by atoms with Crippen molar-refractivity contribution in [2.45, 2.75) is 45.7 Å². The number of carbonyl (C=O) groups is 2. The van der Waals surface area contributed by atoms with E-state index in [1.807, 2.05) is 25.1 Å². The normalized spacial score (nSPS) is 15.1. The van der Waals surface area contributed by atoms with Crippen molar-refractivity contribution in [3.8, 4) is 0 Å². The molecule has 0 atom stereocenters. The Bertz CT molecular complexity index is 557. The Morgan fingerprint density at radius 3 is 2.50 bits per heavy atom. The maximum absolute atomic E-state index is 12.3. The first kappa shape index (κ1) is 20.2. The van der Waals surface area contributed by atoms with Gasteiger partial charge in [0.2, 0.25) is 5.91 Å². The molecule has 1 N–H and O–H groups in total. The summed E-state index contributed by atoms with van der Waals surface area (Å²) in [4.78, 5) is 27.9. The molecule has 1 aromatic carbocycles. The van der Waals surface area contributed by atoms with Gasteiger partial charge in [0.15, 0.2) is 0 Å². The van der Waals surface area contributed by atoms with Crippen LogP contribution in [-0.4, -0.2) is 60.6 Å². The van der Waals surface area contributed by atoms with Gasteiger partial charge in [-0.1, -0.05) is 37.3 Å². The zero-order valence-corrected chi connectivity index (χ0v) is 15.9. The summed E-state index contributed by atoms with van der Waals surface area (Å²) in [7, 11) is 0. The fourth-order valence-corrected chi connectivity index (χ4v) is 3.17. The van der Waals surface area contributed by atoms with E-state index in [1.165, 1.54) is 5.56 Å². The lowest BCUT2D eigenvalue weighted by molar-refractivity contribution is -0.122. The van der Waals surface area contributed by atoms with Crippen molar-refractivity contribution in [1.29, 1.82) is 0 Å². The van der Waals surface area contributed by atoms with E-state index in [0.29, 0.717) is 26.1 Å². The number of amides is 2. The highest BCUT2D eigenvalue weighted by atomic mass is 16.6. The number of piperidine rings is 1. The van der Waals surface area contributed by atoms with Gasteiger partial charge >= 0.3 is 6.09 Å². The molecule has 1 aliphatic rings. The predicted octanol–water partition coefficient (Wildman–Crippen LogP) is 2.64. The van der Waals surface area contributed by atoms with Gasteiger partial charge in [-0.05, 0) is 31.9 Å². The first-order chi connectivity index (χ1) is 12.6. The molecule has 0 unspecified atom stereocenters. The van der Waals surface area contributed by atoms with E-state index >= 15 is 0 Å². The van der Waals surface area contributed by atoms with Gasteiger partial charge in [-0.3, -0.25) is 9.69 Å². The Hall–Kier alpha value is -2.08. The van der Waals surface area contributed by atoms with Gasteiger partial charge in [0, 0.05) is 38.6 Å². The third-order valence-electron chi connectivity index (χ3n) is 4.74. The molecule has 0 spiro atoms. The molecule has 2 rings (SSSR count). The molecular weight excluding hydrogens is 330 g/mol. The van der Waals surface area contributed by atoms with Crippen molar-refractivity contribution < 1.29 is 14.3 Å². The number of hydrogen-bond donors (Lipinski definition) is 1. The molecule has 0 radical (unpaired) electrons. The quantitative estimate of drug-likeness (QED) is 0.773. The number of hydrogen-bond acceptors (Lipinski definition) is 4. The topological polar surface area (TPSA) is 61.9 Å². The molecule has 0 bridgehead atoms. The average molecular weight is 361 g/mol. The van der Waals surface area contributed by atoms with Gasteiger partial charge in [-0.15, -0.1) is 0 Å². The lowest BCUT2D eigenvalue weighted by Crippen LogP contribution is -2.47. The van der Waals surface area contributed by atoms with Crippen molar-refractivity contribution in [3.63, 3.8) is 0 Å². The van der Waals surface area contributed by atoms with E-state index in [-0.39, 0.29) is 18.0 Å². The monoisotopic (exact) mass is 361 g/mol. The second-order valence-electron chi connectivity index (χ2n) is 6.63. The maximum Gasteiger partial charge on any atom is 0.409 e. The molecule has 6 nitrogen and oxygen atoms in total. The van der Waals surface area contributed by atoms with Crippen LogP contribution in [0.1, 0.15) is 38.7 Å². The third kappa shape index (κ3) is 6.67. The van der Waals surface area contributed by atoms with Crippen LogP contribution < -0.4 is 5.32 Å². The molecule has 1 aromatic rings. The van der Waals surface area contributed by atoms with Crippen LogP contribution in [0.4, 0.5) is 4.79 Å². The molecule has 6 heteroatoms. The van der Waals surface area contributed by atoms with Crippen LogP contribution in [0, 0.1) is 0 Å². The Kier molecular flexibility index (Phi) is 8.41. The highest BCUT2D eigenvalue weighted by molar-refractivity contribution is 5.76. The molecule has 26 heavy (non-hydrogen) atoms. The van der Waals surface area contributed by atoms with Crippen LogP contribution in [-0.2, 0) is 16.1 Å². The molecule has 0 aromatic heterocycles. The van der Waals surface area contributed by atoms with Gasteiger partial charge in [-0.2, -0.15) is 0 Å². The van der Waals surface area contributed by atoms with E-state index in [4.69, 9.17) is 4.74 Å². The standard InChI is InChI=1S/C20H31N3O3/c1-3-22(16-17-8-6-5-7-9-17)13-12-19(24)21-18-10-14-23(15-11-18)20(25)26-4-2/h5-9,18H,3-4,10-16H2,1-2H3,(H,21,24). The summed E-state index contributed by atoms with van der Waals surface area (Å²) in [5.74, 6) is 0.0890. The number of ether oxygens (including phenoxy) is 1. The molecule has 1 aliphatic heterocycles. The summed E-state index contributed by atoms with van der Waals surface area (Å²) in [5.41, 5.74) is 1.26. The number of carbonyl (C=O) groups excluding carboxylic acids is 2. The molecule has 1 fully saturated rings. The molecule has 1 saturated heterocycles. The number of nitrogens with zero attached hydrogens (tertiary/aromatic N) is 2. The molecular formula is C20H31N3O3. The number of rotatable bonds is 8. The van der Waals surface area contributed by atoms with Gasteiger partial charge < -0.3 is 15.0 Å². The number of likely N-dealkylation sites (tertiary alicyclic amines) is 1. The zero-order valence-electron chi connectivity index (χ0n) is 15.9. The highest BCUT2D eigenvalue weighted by Crippen LogP contribution is 2.12. The second-order valence-corrected chi connectivity index (χ2v) is 6.63. The molecule has 144 valence electrons. The maximum atomic E-state index is 12.3. The third-order valence-corrected chi connectivity index (χ3v) is 4.74. The lowest BCUT2D eigenvalue weighted by atomic mass is 10.1. The summed E-state index contributed by atoms with van der Waals surface area (Å²) < 4.78 is 5.02. The van der Waals surface area contributed by atoms with Gasteiger partial charge in [0.1, 0.15) is 0 Å². The molecule has 1 heterocycles. The first-order valence-corrected chi connectivity index (χ1v) is 9.59. The van der Waals surface area contributed by atoms with Crippen LogP contribution in [0.2, 0.25) is 0 Å². The van der Waals surface area contributed by atoms with Crippen molar-refractivity contribution in [2.24, 2.45) is 0 Å². The fourth-order valence-electron chi connectivity index (χ4n) is 3.17. The highest BCUT2D eigenvalue weighted by Gasteiger charge is 2.24. The van der Waals surface area contributed by atoms with Crippen LogP contribution in [0.3, 0.4) is 0 Å². The van der Waals surface area contributed by atoms with Crippen LogP contribution >= 0.6 is 0 Å². The van der Waals surface area contributed by atoms with Crippen LogP contribution in [0.5, 0.6) is 0 Å². The average Bonchev–Trinajstić information content (AvgIpc) is 2.66. The largest absolute Gasteiger partial charge is 0.450 e. The SMILES string of the molecule is CCOC(=O)N1CCC(NC(=O)CCN(CC)Cc2ccccc2)CC1. The van der Waals surface area contributed by atoms with E-state index in [0.717, 1.165) is 32.5 Å². The Balaban J connectivity index is 1.67. The molecule has 2 amide bonds. The van der Waals surface area contributed by atoms with Gasteiger partial charge in [-0.25, -0.2) is 4.79 Å². The first-order valence-electron chi connectivity index (χ1n) is 9.59. The Labute approximate surface area is 156 Å². The Morgan fingerprint density at radius 2 is 1.88 bits per heavy atom. The van der Waals surface area contributed by atoms with E-state index < -0.39 is 0 Å². The van der Waals surface area contributed by atoms with Crippen molar-refractivity contribution >= 4 is 12.0 Å². The lowest BCUT2D eigenvalue weighted by Gasteiger charge is -2.31. The number of nitrogens with one attached hydrogen (secondary N) is 1. The van der Waals surface area contributed by atoms with Gasteiger partial charge in [0.25, 0.3) is 0 Å². The smallest absolute Gasteiger partial charge is 0.409 e. The van der Waals surface area contributed by atoms with E-state index in [9.17, 15) is 9.59 Å². The van der Waals surface area contributed by atoms with Crippen molar-refractivity contribution in [1.82, 2.24) is 15.1 Å². The summed E-state index contributed by atoms with van der Waals surface area (Å²) in [6.45, 7) is 8.12. The molecule has 0 aliphatic carbocycles. The van der Waals surface area contributed by atoms with Gasteiger partial charge in [0.05, 0.1) is 6.61 Å². The summed E-state index contributed by atoms with van der Waals surface area (Å²) in [5, 5.41) is 3.11. The van der Waals surface area contributed by atoms with Crippen LogP contribution in [0.15, 0.2) is 30.3 Å². The minimum Gasteiger partial charge on any atom is -0.450 e. The summed E-state index contributed by atoms with van der Waals surface area (Å²) in [6.07, 6.45) is 1.81.